The van der Waals surface area contributed by atoms with Crippen LogP contribution in [0.15, 0.2) is 84.9 Å². The van der Waals surface area contributed by atoms with Gasteiger partial charge in [-0.2, -0.15) is 0 Å². The summed E-state index contributed by atoms with van der Waals surface area (Å²) in [5, 5.41) is 0. The smallest absolute Gasteiger partial charge is 0.234 e. The van der Waals surface area contributed by atoms with E-state index in [1.807, 2.05) is 41.3 Å². The van der Waals surface area contributed by atoms with Crippen LogP contribution in [0.1, 0.15) is 28.2 Å². The van der Waals surface area contributed by atoms with E-state index in [1.165, 1.54) is 11.1 Å². The standard InChI is InChI=1S/C26H28N2O/c1-21-10-8-9-15-24(21)20-27-16-18-28(19-17-27)26(29)25(22-11-4-2-5-12-22)23-13-6-3-7-14-23/h2-15,25H,16-20H2,1H3. The van der Waals surface area contributed by atoms with Gasteiger partial charge in [0, 0.05) is 32.7 Å². The molecule has 0 radical (unpaired) electrons. The Morgan fingerprint density at radius 3 is 1.83 bits per heavy atom. The minimum atomic E-state index is -0.236. The molecule has 0 bridgehead atoms. The molecule has 0 unspecified atom stereocenters. The summed E-state index contributed by atoms with van der Waals surface area (Å²) >= 11 is 0. The molecule has 3 aromatic carbocycles. The zero-order chi connectivity index (χ0) is 20.1. The summed E-state index contributed by atoms with van der Waals surface area (Å²) in [6.07, 6.45) is 0. The van der Waals surface area contributed by atoms with Gasteiger partial charge in [0.25, 0.3) is 0 Å². The number of carbonyl (C=O) groups is 1. The van der Waals surface area contributed by atoms with Crippen molar-refractivity contribution >= 4 is 5.91 Å². The minimum absolute atomic E-state index is 0.206. The molecule has 29 heavy (non-hydrogen) atoms. The average Bonchev–Trinajstić information content (AvgIpc) is 2.77. The highest BCUT2D eigenvalue weighted by molar-refractivity contribution is 5.87. The van der Waals surface area contributed by atoms with Gasteiger partial charge in [-0.25, -0.2) is 0 Å². The number of amides is 1. The Morgan fingerprint density at radius 1 is 0.759 bits per heavy atom. The number of piperazine rings is 1. The van der Waals surface area contributed by atoms with Crippen molar-refractivity contribution in [2.45, 2.75) is 19.4 Å². The Balaban J connectivity index is 1.46. The Labute approximate surface area is 173 Å². The Hall–Kier alpha value is -2.91. The maximum absolute atomic E-state index is 13.5. The van der Waals surface area contributed by atoms with Crippen molar-refractivity contribution in [1.82, 2.24) is 9.80 Å². The largest absolute Gasteiger partial charge is 0.339 e. The number of carbonyl (C=O) groups excluding carboxylic acids is 1. The molecule has 148 valence electrons. The van der Waals surface area contributed by atoms with E-state index in [0.717, 1.165) is 43.9 Å². The van der Waals surface area contributed by atoms with E-state index in [1.54, 1.807) is 0 Å². The first-order chi connectivity index (χ1) is 14.2. The maximum atomic E-state index is 13.5. The summed E-state index contributed by atoms with van der Waals surface area (Å²) in [7, 11) is 0. The first-order valence-electron chi connectivity index (χ1n) is 10.4. The zero-order valence-electron chi connectivity index (χ0n) is 17.0. The molecular formula is C26H28N2O. The van der Waals surface area contributed by atoms with Crippen molar-refractivity contribution in [3.63, 3.8) is 0 Å². The molecular weight excluding hydrogens is 356 g/mol. The van der Waals surface area contributed by atoms with Crippen LogP contribution in [0.3, 0.4) is 0 Å². The predicted molar refractivity (Wildman–Crippen MR) is 118 cm³/mol. The van der Waals surface area contributed by atoms with Gasteiger partial charge >= 0.3 is 0 Å². The third kappa shape index (κ3) is 4.57. The molecule has 1 heterocycles. The van der Waals surface area contributed by atoms with Crippen molar-refractivity contribution in [3.8, 4) is 0 Å². The molecule has 3 nitrogen and oxygen atoms in total. The van der Waals surface area contributed by atoms with E-state index < -0.39 is 0 Å². The highest BCUT2D eigenvalue weighted by Gasteiger charge is 2.29. The summed E-state index contributed by atoms with van der Waals surface area (Å²) < 4.78 is 0. The molecule has 0 N–H and O–H groups in total. The second-order valence-corrected chi connectivity index (χ2v) is 7.78. The molecule has 0 atom stereocenters. The number of nitrogens with zero attached hydrogens (tertiary/aromatic N) is 2. The quantitative estimate of drug-likeness (QED) is 0.648. The summed E-state index contributed by atoms with van der Waals surface area (Å²) in [5.41, 5.74) is 4.83. The van der Waals surface area contributed by atoms with Crippen LogP contribution >= 0.6 is 0 Å². The monoisotopic (exact) mass is 384 g/mol. The van der Waals surface area contributed by atoms with Crippen molar-refractivity contribution in [1.29, 1.82) is 0 Å². The molecule has 4 rings (SSSR count). The highest BCUT2D eigenvalue weighted by Crippen LogP contribution is 2.27. The van der Waals surface area contributed by atoms with Crippen LogP contribution in [-0.2, 0) is 11.3 Å². The molecule has 0 spiro atoms. The van der Waals surface area contributed by atoms with Crippen LogP contribution in [-0.4, -0.2) is 41.9 Å². The van der Waals surface area contributed by atoms with Crippen molar-refractivity contribution < 1.29 is 4.79 Å². The molecule has 1 saturated heterocycles. The third-order valence-electron chi connectivity index (χ3n) is 5.85. The minimum Gasteiger partial charge on any atom is -0.339 e. The zero-order valence-corrected chi connectivity index (χ0v) is 17.0. The van der Waals surface area contributed by atoms with Crippen LogP contribution in [0.5, 0.6) is 0 Å². The lowest BCUT2D eigenvalue weighted by Crippen LogP contribution is -2.49. The molecule has 3 heteroatoms. The molecule has 0 aliphatic carbocycles. The van der Waals surface area contributed by atoms with Gasteiger partial charge in [0.15, 0.2) is 0 Å². The fourth-order valence-electron chi connectivity index (χ4n) is 4.11. The number of rotatable bonds is 5. The lowest BCUT2D eigenvalue weighted by atomic mass is 9.90. The Kier molecular flexibility index (Phi) is 6.06. The van der Waals surface area contributed by atoms with Crippen molar-refractivity contribution in [2.75, 3.05) is 26.2 Å². The molecule has 0 aromatic heterocycles. The molecule has 1 amide bonds. The Bertz CT molecular complexity index is 892. The summed E-state index contributed by atoms with van der Waals surface area (Å²) in [5.74, 6) is -0.0294. The van der Waals surface area contributed by atoms with Gasteiger partial charge in [-0.1, -0.05) is 84.9 Å². The first kappa shape index (κ1) is 19.4. The van der Waals surface area contributed by atoms with Crippen molar-refractivity contribution in [2.24, 2.45) is 0 Å². The van der Waals surface area contributed by atoms with E-state index in [2.05, 4.69) is 60.4 Å². The van der Waals surface area contributed by atoms with Crippen LogP contribution in [0.4, 0.5) is 0 Å². The fourth-order valence-corrected chi connectivity index (χ4v) is 4.11. The molecule has 3 aromatic rings. The van der Waals surface area contributed by atoms with Crippen molar-refractivity contribution in [3.05, 3.63) is 107 Å². The molecule has 1 aliphatic heterocycles. The Morgan fingerprint density at radius 2 is 1.28 bits per heavy atom. The maximum Gasteiger partial charge on any atom is 0.234 e. The summed E-state index contributed by atoms with van der Waals surface area (Å²) in [4.78, 5) is 18.0. The molecule has 0 saturated carbocycles. The van der Waals surface area contributed by atoms with E-state index in [9.17, 15) is 4.79 Å². The lowest BCUT2D eigenvalue weighted by Gasteiger charge is -2.37. The number of benzene rings is 3. The normalized spacial score (nSPS) is 14.9. The SMILES string of the molecule is Cc1ccccc1CN1CCN(C(=O)C(c2ccccc2)c2ccccc2)CC1. The molecule has 1 fully saturated rings. The van der Waals surface area contributed by atoms with Gasteiger partial charge < -0.3 is 4.90 Å². The fraction of sp³-hybridized carbons (Fsp3) is 0.269. The number of aryl methyl sites for hydroxylation is 1. The second kappa shape index (κ2) is 9.06. The number of hydrogen-bond acceptors (Lipinski definition) is 2. The molecule has 1 aliphatic rings. The second-order valence-electron chi connectivity index (χ2n) is 7.78. The topological polar surface area (TPSA) is 23.6 Å². The van der Waals surface area contributed by atoms with Gasteiger partial charge in [0.05, 0.1) is 5.92 Å². The van der Waals surface area contributed by atoms with Crippen LogP contribution in [0, 0.1) is 6.92 Å². The average molecular weight is 385 g/mol. The highest BCUT2D eigenvalue weighted by atomic mass is 16.2. The van der Waals surface area contributed by atoms with Gasteiger partial charge in [-0.3, -0.25) is 9.69 Å². The van der Waals surface area contributed by atoms with E-state index in [0.29, 0.717) is 0 Å². The van der Waals surface area contributed by atoms with E-state index in [-0.39, 0.29) is 11.8 Å². The van der Waals surface area contributed by atoms with Gasteiger partial charge in [0.1, 0.15) is 0 Å². The van der Waals surface area contributed by atoms with Gasteiger partial charge in [-0.05, 0) is 29.2 Å². The van der Waals surface area contributed by atoms with Crippen LogP contribution in [0.25, 0.3) is 0 Å². The summed E-state index contributed by atoms with van der Waals surface area (Å²) in [6.45, 7) is 6.50. The first-order valence-corrected chi connectivity index (χ1v) is 10.4. The van der Waals surface area contributed by atoms with Gasteiger partial charge in [0.2, 0.25) is 5.91 Å². The van der Waals surface area contributed by atoms with E-state index in [4.69, 9.17) is 0 Å². The van der Waals surface area contributed by atoms with E-state index >= 15 is 0 Å². The lowest BCUT2D eigenvalue weighted by molar-refractivity contribution is -0.133. The van der Waals surface area contributed by atoms with Gasteiger partial charge in [-0.15, -0.1) is 0 Å². The number of hydrogen-bond donors (Lipinski definition) is 0. The third-order valence-corrected chi connectivity index (χ3v) is 5.85. The summed E-state index contributed by atoms with van der Waals surface area (Å²) in [6, 6.07) is 28.8. The van der Waals surface area contributed by atoms with Crippen LogP contribution in [0.2, 0.25) is 0 Å². The van der Waals surface area contributed by atoms with Crippen LogP contribution < -0.4 is 0 Å². The predicted octanol–water partition coefficient (Wildman–Crippen LogP) is 4.47.